The van der Waals surface area contributed by atoms with E-state index in [9.17, 15) is 9.18 Å². The Morgan fingerprint density at radius 2 is 2.04 bits per heavy atom. The van der Waals surface area contributed by atoms with Crippen LogP contribution in [0.1, 0.15) is 6.92 Å². The van der Waals surface area contributed by atoms with Gasteiger partial charge in [0.25, 0.3) is 0 Å². The Hall–Kier alpha value is -2.05. The molecule has 0 heterocycles. The summed E-state index contributed by atoms with van der Waals surface area (Å²) in [7, 11) is 1.74. The summed E-state index contributed by atoms with van der Waals surface area (Å²) in [6.07, 6.45) is -0.177. The second-order valence-corrected chi connectivity index (χ2v) is 6.64. The van der Waals surface area contributed by atoms with Gasteiger partial charge in [-0.15, -0.1) is 0 Å². The number of para-hydroxylation sites is 1. The molecule has 128 valence electrons. The highest BCUT2D eigenvalue weighted by atomic mass is 32.2. The van der Waals surface area contributed by atoms with Gasteiger partial charge in [-0.3, -0.25) is 9.69 Å². The molecule has 0 saturated carbocycles. The van der Waals surface area contributed by atoms with E-state index in [4.69, 9.17) is 9.84 Å². The van der Waals surface area contributed by atoms with Crippen LogP contribution in [0.15, 0.2) is 58.3 Å². The first-order valence-electron chi connectivity index (χ1n) is 7.53. The molecule has 0 radical (unpaired) electrons. The van der Waals surface area contributed by atoms with Gasteiger partial charge in [-0.1, -0.05) is 30.0 Å². The van der Waals surface area contributed by atoms with E-state index in [2.05, 4.69) is 0 Å². The highest BCUT2D eigenvalue weighted by Crippen LogP contribution is 2.35. The smallest absolute Gasteiger partial charge is 0.317 e. The number of rotatable bonds is 8. The van der Waals surface area contributed by atoms with Crippen molar-refractivity contribution in [1.82, 2.24) is 4.90 Å². The van der Waals surface area contributed by atoms with E-state index in [0.717, 1.165) is 9.79 Å². The highest BCUT2D eigenvalue weighted by Gasteiger charge is 2.13. The number of halogens is 1. The van der Waals surface area contributed by atoms with E-state index in [1.165, 1.54) is 23.9 Å². The van der Waals surface area contributed by atoms with Gasteiger partial charge in [-0.05, 0) is 44.3 Å². The molecule has 1 N–H and O–H groups in total. The molecule has 2 aromatic carbocycles. The number of carbonyl (C=O) groups is 1. The molecule has 0 fully saturated rings. The van der Waals surface area contributed by atoms with Crippen LogP contribution >= 0.6 is 11.8 Å². The fraction of sp³-hybridized carbons (Fsp3) is 0.278. The minimum atomic E-state index is -0.869. The van der Waals surface area contributed by atoms with Crippen molar-refractivity contribution in [3.8, 4) is 5.75 Å². The predicted molar refractivity (Wildman–Crippen MR) is 92.2 cm³/mol. The van der Waals surface area contributed by atoms with Crippen LogP contribution in [0.5, 0.6) is 5.75 Å². The van der Waals surface area contributed by atoms with E-state index in [1.807, 2.05) is 37.3 Å². The number of hydrogen-bond donors (Lipinski definition) is 1. The summed E-state index contributed by atoms with van der Waals surface area (Å²) in [4.78, 5) is 14.1. The van der Waals surface area contributed by atoms with Crippen molar-refractivity contribution >= 4 is 17.7 Å². The van der Waals surface area contributed by atoms with E-state index >= 15 is 0 Å². The molecule has 6 heteroatoms. The van der Waals surface area contributed by atoms with Crippen molar-refractivity contribution in [3.05, 3.63) is 54.3 Å². The molecule has 2 aromatic rings. The molecule has 1 atom stereocenters. The minimum absolute atomic E-state index is 0.0343. The molecule has 0 amide bonds. The van der Waals surface area contributed by atoms with Crippen LogP contribution in [0.25, 0.3) is 0 Å². The number of carboxylic acids is 1. The number of nitrogens with zero attached hydrogens (tertiary/aromatic N) is 1. The van der Waals surface area contributed by atoms with E-state index in [0.29, 0.717) is 12.3 Å². The topological polar surface area (TPSA) is 49.8 Å². The summed E-state index contributed by atoms with van der Waals surface area (Å²) < 4.78 is 19.3. The lowest BCUT2D eigenvalue weighted by Gasteiger charge is -2.22. The van der Waals surface area contributed by atoms with E-state index in [-0.39, 0.29) is 18.5 Å². The van der Waals surface area contributed by atoms with Gasteiger partial charge in [-0.25, -0.2) is 4.39 Å². The first kappa shape index (κ1) is 18.3. The number of hydrogen-bond acceptors (Lipinski definition) is 4. The molecule has 24 heavy (non-hydrogen) atoms. The second kappa shape index (κ2) is 8.70. The minimum Gasteiger partial charge on any atom is -0.488 e. The van der Waals surface area contributed by atoms with Crippen LogP contribution in [0.2, 0.25) is 0 Å². The molecule has 0 aromatic heterocycles. The molecule has 0 spiro atoms. The SMILES string of the molecule is CC(CN(C)CC(=O)O)Oc1ccccc1Sc1cccc(F)c1. The van der Waals surface area contributed by atoms with Crippen LogP contribution in [0.3, 0.4) is 0 Å². The van der Waals surface area contributed by atoms with E-state index < -0.39 is 5.97 Å². The van der Waals surface area contributed by atoms with E-state index in [1.54, 1.807) is 18.0 Å². The summed E-state index contributed by atoms with van der Waals surface area (Å²) in [5.74, 6) is -0.447. The second-order valence-electron chi connectivity index (χ2n) is 5.53. The van der Waals surface area contributed by atoms with Crippen LogP contribution in [-0.4, -0.2) is 42.2 Å². The summed E-state index contributed by atoms with van der Waals surface area (Å²) in [6, 6.07) is 13.9. The average Bonchev–Trinajstić information content (AvgIpc) is 2.48. The highest BCUT2D eigenvalue weighted by molar-refractivity contribution is 7.99. The Bertz CT molecular complexity index is 695. The Balaban J connectivity index is 2.04. The lowest BCUT2D eigenvalue weighted by molar-refractivity contribution is -0.138. The number of ether oxygens (including phenoxy) is 1. The first-order chi connectivity index (χ1) is 11.4. The Morgan fingerprint density at radius 1 is 1.29 bits per heavy atom. The third kappa shape index (κ3) is 5.86. The van der Waals surface area contributed by atoms with Crippen molar-refractivity contribution in [3.63, 3.8) is 0 Å². The molecule has 2 rings (SSSR count). The van der Waals surface area contributed by atoms with Gasteiger partial charge in [0.05, 0.1) is 11.4 Å². The van der Waals surface area contributed by atoms with Crippen LogP contribution in [-0.2, 0) is 4.79 Å². The van der Waals surface area contributed by atoms with Gasteiger partial charge in [0.2, 0.25) is 0 Å². The maximum absolute atomic E-state index is 13.3. The fourth-order valence-electron chi connectivity index (χ4n) is 2.28. The summed E-state index contributed by atoms with van der Waals surface area (Å²) >= 11 is 1.43. The van der Waals surface area contributed by atoms with Crippen molar-refractivity contribution in [2.24, 2.45) is 0 Å². The average molecular weight is 349 g/mol. The molecule has 0 bridgehead atoms. The predicted octanol–water partition coefficient (Wildman–Crippen LogP) is 3.76. The first-order valence-corrected chi connectivity index (χ1v) is 8.35. The lowest BCUT2D eigenvalue weighted by atomic mass is 10.3. The van der Waals surface area contributed by atoms with Crippen molar-refractivity contribution in [2.45, 2.75) is 22.8 Å². The Morgan fingerprint density at radius 3 is 2.75 bits per heavy atom. The zero-order chi connectivity index (χ0) is 17.5. The summed E-state index contributed by atoms with van der Waals surface area (Å²) in [5, 5.41) is 8.80. The maximum atomic E-state index is 13.3. The molecular formula is C18H20FNO3S. The van der Waals surface area contributed by atoms with Crippen LogP contribution in [0.4, 0.5) is 4.39 Å². The third-order valence-corrected chi connectivity index (χ3v) is 4.22. The number of carboxylic acid groups (broad SMARTS) is 1. The van der Waals surface area contributed by atoms with Crippen molar-refractivity contribution < 1.29 is 19.0 Å². The van der Waals surface area contributed by atoms with Gasteiger partial charge < -0.3 is 9.84 Å². The molecular weight excluding hydrogens is 329 g/mol. The summed E-state index contributed by atoms with van der Waals surface area (Å²) in [6.45, 7) is 2.35. The Kier molecular flexibility index (Phi) is 6.63. The summed E-state index contributed by atoms with van der Waals surface area (Å²) in [5.41, 5.74) is 0. The quantitative estimate of drug-likeness (QED) is 0.786. The van der Waals surface area contributed by atoms with Gasteiger partial charge in [0.15, 0.2) is 0 Å². The zero-order valence-corrected chi connectivity index (χ0v) is 14.4. The Labute approximate surface area is 145 Å². The zero-order valence-electron chi connectivity index (χ0n) is 13.6. The van der Waals surface area contributed by atoms with Crippen molar-refractivity contribution in [1.29, 1.82) is 0 Å². The van der Waals surface area contributed by atoms with Gasteiger partial charge >= 0.3 is 5.97 Å². The van der Waals surface area contributed by atoms with Gasteiger partial charge in [0.1, 0.15) is 17.7 Å². The standard InChI is InChI=1S/C18H20FNO3S/c1-13(11-20(2)12-18(21)22)23-16-8-3-4-9-17(16)24-15-7-5-6-14(19)10-15/h3-10,13H,11-12H2,1-2H3,(H,21,22). The number of benzene rings is 2. The molecule has 0 aliphatic carbocycles. The molecule has 0 saturated heterocycles. The van der Waals surface area contributed by atoms with Crippen molar-refractivity contribution in [2.75, 3.05) is 20.1 Å². The molecule has 1 unspecified atom stereocenters. The monoisotopic (exact) mass is 349 g/mol. The maximum Gasteiger partial charge on any atom is 0.317 e. The van der Waals surface area contributed by atoms with Crippen LogP contribution < -0.4 is 4.74 Å². The number of aliphatic carboxylic acids is 1. The third-order valence-electron chi connectivity index (χ3n) is 3.18. The molecule has 0 aliphatic heterocycles. The van der Waals surface area contributed by atoms with Crippen LogP contribution in [0, 0.1) is 5.82 Å². The normalized spacial score (nSPS) is 12.2. The van der Waals surface area contributed by atoms with Gasteiger partial charge in [-0.2, -0.15) is 0 Å². The fourth-order valence-corrected chi connectivity index (χ4v) is 3.21. The largest absolute Gasteiger partial charge is 0.488 e. The number of likely N-dealkylation sites (N-methyl/N-ethyl adjacent to an activating group) is 1. The lowest BCUT2D eigenvalue weighted by Crippen LogP contribution is -2.34. The molecule has 0 aliphatic rings. The molecule has 4 nitrogen and oxygen atoms in total. The van der Waals surface area contributed by atoms with Gasteiger partial charge in [0, 0.05) is 11.4 Å².